The number of ether oxygens (including phenoxy) is 1. The van der Waals surface area contributed by atoms with Crippen molar-refractivity contribution < 1.29 is 27.5 Å². The number of hydrogen-bond donors (Lipinski definition) is 3. The lowest BCUT2D eigenvalue weighted by Crippen LogP contribution is -2.45. The van der Waals surface area contributed by atoms with Crippen LogP contribution in [0.5, 0.6) is 0 Å². The predicted octanol–water partition coefficient (Wildman–Crippen LogP) is 6.70. The fourth-order valence-electron chi connectivity index (χ4n) is 3.85. The number of halogens is 3. The van der Waals surface area contributed by atoms with E-state index in [2.05, 4.69) is 16.0 Å². The molecule has 0 unspecified atom stereocenters. The van der Waals surface area contributed by atoms with E-state index in [1.54, 1.807) is 42.5 Å². The summed E-state index contributed by atoms with van der Waals surface area (Å²) in [6.45, 7) is 0. The zero-order valence-corrected chi connectivity index (χ0v) is 25.6. The maximum absolute atomic E-state index is 13.1. The number of benzene rings is 3. The Labute approximate surface area is 260 Å². The highest BCUT2D eigenvalue weighted by Gasteiger charge is 2.26. The minimum Gasteiger partial charge on any atom is -0.467 e. The number of carbonyl (C=O) groups is 3. The van der Waals surface area contributed by atoms with Crippen LogP contribution in [0.1, 0.15) is 15.9 Å². The van der Waals surface area contributed by atoms with Crippen molar-refractivity contribution in [1.82, 2.24) is 5.32 Å². The molecule has 0 radical (unpaired) electrons. The van der Waals surface area contributed by atoms with E-state index in [-0.39, 0.29) is 37.5 Å². The van der Waals surface area contributed by atoms with Crippen molar-refractivity contribution >= 4 is 85.3 Å². The van der Waals surface area contributed by atoms with Gasteiger partial charge in [0.1, 0.15) is 10.9 Å². The van der Waals surface area contributed by atoms with Gasteiger partial charge in [-0.05, 0) is 54.1 Å². The van der Waals surface area contributed by atoms with Crippen molar-refractivity contribution in [2.45, 2.75) is 22.3 Å². The molecule has 3 amide bonds. The molecule has 1 atom stereocenters. The normalized spacial score (nSPS) is 11.8. The van der Waals surface area contributed by atoms with Crippen LogP contribution in [0.25, 0.3) is 0 Å². The number of thiophene rings is 1. The molecule has 3 aromatic carbocycles. The number of nitrogens with one attached hydrogen (secondary N) is 3. The van der Waals surface area contributed by atoms with Crippen molar-refractivity contribution in [3.8, 4) is 0 Å². The van der Waals surface area contributed by atoms with E-state index in [1.165, 1.54) is 42.1 Å². The van der Waals surface area contributed by atoms with E-state index >= 15 is 0 Å². The monoisotopic (exact) mass is 665 g/mol. The predicted molar refractivity (Wildman–Crippen MR) is 164 cm³/mol. The van der Waals surface area contributed by atoms with E-state index < -0.39 is 33.8 Å². The maximum Gasteiger partial charge on any atom is 0.328 e. The molecule has 0 fully saturated rings. The van der Waals surface area contributed by atoms with Gasteiger partial charge in [-0.3, -0.25) is 4.79 Å². The van der Waals surface area contributed by atoms with Crippen molar-refractivity contribution in [2.24, 2.45) is 0 Å². The zero-order valence-electron chi connectivity index (χ0n) is 21.7. The minimum absolute atomic E-state index is 0.01000. The summed E-state index contributed by atoms with van der Waals surface area (Å²) in [4.78, 5) is 37.9. The second-order valence-electron chi connectivity index (χ2n) is 8.73. The summed E-state index contributed by atoms with van der Waals surface area (Å²) in [6, 6.07) is 15.0. The summed E-state index contributed by atoms with van der Waals surface area (Å²) in [5.41, 5.74) is 1.28. The van der Waals surface area contributed by atoms with E-state index in [9.17, 15) is 22.8 Å². The van der Waals surface area contributed by atoms with Gasteiger partial charge in [0.25, 0.3) is 5.91 Å². The van der Waals surface area contributed by atoms with Crippen LogP contribution < -0.4 is 16.0 Å². The molecule has 0 aliphatic heterocycles. The third kappa shape index (κ3) is 7.42. The molecule has 0 saturated heterocycles. The Morgan fingerprint density at radius 2 is 1.52 bits per heavy atom. The smallest absolute Gasteiger partial charge is 0.328 e. The largest absolute Gasteiger partial charge is 0.467 e. The molecule has 1 heterocycles. The molecule has 218 valence electrons. The summed E-state index contributed by atoms with van der Waals surface area (Å²) in [6.07, 6.45) is 0.0459. The van der Waals surface area contributed by atoms with Gasteiger partial charge in [0.2, 0.25) is 9.84 Å². The van der Waals surface area contributed by atoms with Gasteiger partial charge in [0.15, 0.2) is 0 Å². The summed E-state index contributed by atoms with van der Waals surface area (Å²) in [7, 11) is -2.77. The van der Waals surface area contributed by atoms with E-state index in [0.29, 0.717) is 16.3 Å². The van der Waals surface area contributed by atoms with Crippen molar-refractivity contribution in [3.05, 3.63) is 104 Å². The molecule has 4 rings (SSSR count). The third-order valence-corrected chi connectivity index (χ3v) is 9.50. The Morgan fingerprint density at radius 1 is 0.881 bits per heavy atom. The van der Waals surface area contributed by atoms with Crippen LogP contribution >= 0.6 is 46.1 Å². The molecule has 42 heavy (non-hydrogen) atoms. The quantitative estimate of drug-likeness (QED) is 0.171. The van der Waals surface area contributed by atoms with Gasteiger partial charge in [-0.2, -0.15) is 0 Å². The first-order valence-electron chi connectivity index (χ1n) is 12.1. The number of rotatable bonds is 9. The number of sulfone groups is 1. The van der Waals surface area contributed by atoms with E-state index in [4.69, 9.17) is 39.5 Å². The molecule has 0 saturated carbocycles. The number of anilines is 2. The van der Waals surface area contributed by atoms with Gasteiger partial charge in [0, 0.05) is 27.9 Å². The van der Waals surface area contributed by atoms with Crippen LogP contribution in [-0.2, 0) is 25.8 Å². The lowest BCUT2D eigenvalue weighted by atomic mass is 10.1. The van der Waals surface area contributed by atoms with Crippen molar-refractivity contribution in [2.75, 3.05) is 17.7 Å². The number of urea groups is 1. The molecule has 0 aliphatic carbocycles. The summed E-state index contributed by atoms with van der Waals surface area (Å²) in [5, 5.41) is 11.4. The molecule has 3 N–H and O–H groups in total. The molecule has 0 bridgehead atoms. The van der Waals surface area contributed by atoms with Gasteiger partial charge in [-0.1, -0.05) is 53.0 Å². The fraction of sp³-hybridized carbons (Fsp3) is 0.107. The van der Waals surface area contributed by atoms with Gasteiger partial charge >= 0.3 is 12.0 Å². The summed E-state index contributed by atoms with van der Waals surface area (Å²) >= 11 is 19.2. The number of methoxy groups -OCH3 is 1. The highest BCUT2D eigenvalue weighted by atomic mass is 35.5. The summed E-state index contributed by atoms with van der Waals surface area (Å²) < 4.78 is 31.1. The van der Waals surface area contributed by atoms with Crippen LogP contribution in [0.4, 0.5) is 16.2 Å². The van der Waals surface area contributed by atoms with Gasteiger partial charge in [-0.15, -0.1) is 11.3 Å². The highest BCUT2D eigenvalue weighted by molar-refractivity contribution is 7.91. The highest BCUT2D eigenvalue weighted by Crippen LogP contribution is 2.31. The van der Waals surface area contributed by atoms with Crippen LogP contribution in [0.15, 0.2) is 87.3 Å². The van der Waals surface area contributed by atoms with E-state index in [0.717, 1.165) is 11.3 Å². The Hall–Kier alpha value is -3.61. The lowest BCUT2D eigenvalue weighted by molar-refractivity contribution is -0.142. The Kier molecular flexibility index (Phi) is 10.1. The zero-order chi connectivity index (χ0) is 30.4. The van der Waals surface area contributed by atoms with Crippen molar-refractivity contribution in [1.29, 1.82) is 0 Å². The first kappa shape index (κ1) is 31.3. The second-order valence-corrected chi connectivity index (χ2v) is 12.6. The van der Waals surface area contributed by atoms with Crippen LogP contribution in [0.3, 0.4) is 0 Å². The van der Waals surface area contributed by atoms with Gasteiger partial charge in [-0.25, -0.2) is 18.0 Å². The lowest BCUT2D eigenvalue weighted by Gasteiger charge is -2.17. The molecular formula is C28H22Cl3N3O6S2. The third-order valence-electron chi connectivity index (χ3n) is 5.92. The van der Waals surface area contributed by atoms with Crippen LogP contribution in [0, 0.1) is 0 Å². The average molecular weight is 667 g/mol. The first-order valence-corrected chi connectivity index (χ1v) is 15.6. The van der Waals surface area contributed by atoms with Crippen LogP contribution in [-0.4, -0.2) is 39.5 Å². The number of hydrogen-bond acceptors (Lipinski definition) is 7. The van der Waals surface area contributed by atoms with Gasteiger partial charge in [0.05, 0.1) is 33.3 Å². The molecule has 4 aromatic rings. The topological polar surface area (TPSA) is 131 Å². The molecule has 14 heteroatoms. The van der Waals surface area contributed by atoms with Crippen LogP contribution in [0.2, 0.25) is 15.1 Å². The Bertz CT molecular complexity index is 1710. The molecule has 0 aliphatic rings. The second kappa shape index (κ2) is 13.6. The molecule has 0 spiro atoms. The molecular weight excluding hydrogens is 645 g/mol. The van der Waals surface area contributed by atoms with E-state index in [1.807, 2.05) is 0 Å². The molecule has 9 nitrogen and oxygen atoms in total. The number of amides is 3. The van der Waals surface area contributed by atoms with Crippen molar-refractivity contribution in [3.63, 3.8) is 0 Å². The standard InChI is InChI=1S/C28H22Cl3N3O6S2/c1-40-27(36)22(13-16-5-9-18(10-6-16)32-26(35)25-20(30)3-2-4-21(25)31)33-28(37)34-23-14-41-15-24(23)42(38,39)19-11-7-17(29)8-12-19/h2-12,14-15,22H,13H2,1H3,(H,32,35)(H2,33,34,37)/t22-/m0/s1. The first-order chi connectivity index (χ1) is 20.0. The number of carbonyl (C=O) groups excluding carboxylic acids is 3. The fourth-order valence-corrected chi connectivity index (χ4v) is 7.08. The van der Waals surface area contributed by atoms with Gasteiger partial charge < -0.3 is 20.7 Å². The SMILES string of the molecule is COC(=O)[C@H](Cc1ccc(NC(=O)c2c(Cl)cccc2Cl)cc1)NC(=O)Nc1cscc1S(=O)(=O)c1ccc(Cl)cc1. The number of esters is 1. The maximum atomic E-state index is 13.1. The average Bonchev–Trinajstić information content (AvgIpc) is 3.42. The Balaban J connectivity index is 1.43. The molecule has 1 aromatic heterocycles. The summed E-state index contributed by atoms with van der Waals surface area (Å²) in [5.74, 6) is -1.20. The minimum atomic E-state index is -3.95. The Morgan fingerprint density at radius 3 is 2.14 bits per heavy atom.